The minimum absolute atomic E-state index is 0.120. The molecule has 6 nitrogen and oxygen atoms in total. The normalized spacial score (nSPS) is 19.1. The lowest BCUT2D eigenvalue weighted by Crippen LogP contribution is -2.52. The highest BCUT2D eigenvalue weighted by atomic mass is 35.5. The lowest BCUT2D eigenvalue weighted by Gasteiger charge is -2.35. The Morgan fingerprint density at radius 3 is 2.27 bits per heavy atom. The molecule has 0 saturated carbocycles. The van der Waals surface area contributed by atoms with Crippen molar-refractivity contribution in [2.75, 3.05) is 51.1 Å². The van der Waals surface area contributed by atoms with E-state index in [-0.39, 0.29) is 11.9 Å². The predicted molar refractivity (Wildman–Crippen MR) is 104 cm³/mol. The zero-order valence-electron chi connectivity index (χ0n) is 15.1. The summed E-state index contributed by atoms with van der Waals surface area (Å²) in [5, 5.41) is 3.47. The van der Waals surface area contributed by atoms with Crippen LogP contribution in [0.25, 0.3) is 0 Å². The van der Waals surface area contributed by atoms with Gasteiger partial charge in [0.05, 0.1) is 6.54 Å². The zero-order chi connectivity index (χ0) is 18.4. The molecule has 0 atom stereocenters. The van der Waals surface area contributed by atoms with Crippen LogP contribution in [0.15, 0.2) is 24.3 Å². The van der Waals surface area contributed by atoms with Crippen LogP contribution in [-0.2, 0) is 4.79 Å². The van der Waals surface area contributed by atoms with E-state index in [2.05, 4.69) is 10.2 Å². The smallest absolute Gasteiger partial charge is 0.321 e. The van der Waals surface area contributed by atoms with Crippen molar-refractivity contribution in [3.8, 4) is 0 Å². The van der Waals surface area contributed by atoms with Crippen LogP contribution in [0.1, 0.15) is 25.7 Å². The molecule has 2 heterocycles. The van der Waals surface area contributed by atoms with Gasteiger partial charge in [-0.2, -0.15) is 0 Å². The number of carbonyl (C=O) groups is 2. The summed E-state index contributed by atoms with van der Waals surface area (Å²) in [6, 6.07) is 7.02. The molecular weight excluding hydrogens is 352 g/mol. The molecule has 2 saturated heterocycles. The van der Waals surface area contributed by atoms with Crippen molar-refractivity contribution >= 4 is 29.2 Å². The maximum absolute atomic E-state index is 12.5. The first-order chi connectivity index (χ1) is 12.6. The van der Waals surface area contributed by atoms with Gasteiger partial charge in [-0.15, -0.1) is 0 Å². The summed E-state index contributed by atoms with van der Waals surface area (Å²) in [4.78, 5) is 30.8. The minimum atomic E-state index is -0.120. The van der Waals surface area contributed by atoms with Crippen molar-refractivity contribution in [2.24, 2.45) is 0 Å². The molecule has 1 aromatic rings. The van der Waals surface area contributed by atoms with Gasteiger partial charge in [-0.3, -0.25) is 9.69 Å². The van der Waals surface area contributed by atoms with Crippen molar-refractivity contribution in [1.29, 1.82) is 0 Å². The van der Waals surface area contributed by atoms with Crippen LogP contribution >= 0.6 is 11.6 Å². The summed E-state index contributed by atoms with van der Waals surface area (Å²) in [6.07, 6.45) is 4.68. The van der Waals surface area contributed by atoms with Gasteiger partial charge in [-0.25, -0.2) is 4.79 Å². The summed E-state index contributed by atoms with van der Waals surface area (Å²) in [7, 11) is 0. The van der Waals surface area contributed by atoms with Crippen LogP contribution in [0.2, 0.25) is 5.02 Å². The molecule has 0 aliphatic carbocycles. The van der Waals surface area contributed by atoms with Gasteiger partial charge >= 0.3 is 6.03 Å². The SMILES string of the molecule is O=C(CN1CCN(C(=O)Nc2cccc(Cl)c2)CC1)N1CCCCCC1. The Labute approximate surface area is 160 Å². The first-order valence-corrected chi connectivity index (χ1v) is 9.81. The molecule has 26 heavy (non-hydrogen) atoms. The molecule has 3 rings (SSSR count). The van der Waals surface area contributed by atoms with Crippen molar-refractivity contribution in [2.45, 2.75) is 25.7 Å². The maximum atomic E-state index is 12.5. The fourth-order valence-corrected chi connectivity index (χ4v) is 3.68. The maximum Gasteiger partial charge on any atom is 0.321 e. The van der Waals surface area contributed by atoms with Crippen molar-refractivity contribution in [3.63, 3.8) is 0 Å². The van der Waals surface area contributed by atoms with Gasteiger partial charge in [0, 0.05) is 50.0 Å². The number of benzene rings is 1. The fraction of sp³-hybridized carbons (Fsp3) is 0.579. The fourth-order valence-electron chi connectivity index (χ4n) is 3.49. The van der Waals surface area contributed by atoms with E-state index in [9.17, 15) is 9.59 Å². The van der Waals surface area contributed by atoms with E-state index >= 15 is 0 Å². The molecule has 2 fully saturated rings. The molecule has 142 valence electrons. The van der Waals surface area contributed by atoms with Gasteiger partial charge < -0.3 is 15.1 Å². The molecule has 0 spiro atoms. The molecule has 0 radical (unpaired) electrons. The second kappa shape index (κ2) is 9.24. The molecule has 7 heteroatoms. The number of carbonyl (C=O) groups excluding carboxylic acids is 2. The third kappa shape index (κ3) is 5.35. The highest BCUT2D eigenvalue weighted by Crippen LogP contribution is 2.16. The van der Waals surface area contributed by atoms with Gasteiger partial charge in [-0.05, 0) is 31.0 Å². The first-order valence-electron chi connectivity index (χ1n) is 9.43. The Balaban J connectivity index is 1.43. The quantitative estimate of drug-likeness (QED) is 0.879. The zero-order valence-corrected chi connectivity index (χ0v) is 15.9. The molecule has 0 unspecified atom stereocenters. The van der Waals surface area contributed by atoms with Gasteiger partial charge in [0.1, 0.15) is 0 Å². The largest absolute Gasteiger partial charge is 0.342 e. The van der Waals surface area contributed by atoms with Crippen molar-refractivity contribution < 1.29 is 9.59 Å². The van der Waals surface area contributed by atoms with Gasteiger partial charge in [0.2, 0.25) is 5.91 Å². The van der Waals surface area contributed by atoms with E-state index in [4.69, 9.17) is 11.6 Å². The summed E-state index contributed by atoms with van der Waals surface area (Å²) in [5.41, 5.74) is 0.696. The third-order valence-electron chi connectivity index (χ3n) is 5.05. The Kier molecular flexibility index (Phi) is 6.74. The van der Waals surface area contributed by atoms with Gasteiger partial charge in [0.15, 0.2) is 0 Å². The lowest BCUT2D eigenvalue weighted by atomic mass is 10.2. The van der Waals surface area contributed by atoms with E-state index in [1.54, 1.807) is 17.0 Å². The first kappa shape index (κ1) is 19.0. The van der Waals surface area contributed by atoms with E-state index in [1.807, 2.05) is 17.0 Å². The molecule has 0 bridgehead atoms. The Morgan fingerprint density at radius 1 is 0.923 bits per heavy atom. The molecule has 0 aromatic heterocycles. The Morgan fingerprint density at radius 2 is 1.62 bits per heavy atom. The summed E-state index contributed by atoms with van der Waals surface area (Å²) in [6.45, 7) is 4.94. The number of amides is 3. The standard InChI is InChI=1S/C19H27ClN4O2/c20-16-6-5-7-17(14-16)21-19(26)24-12-10-22(11-13-24)15-18(25)23-8-3-1-2-4-9-23/h5-7,14H,1-4,8-13,15H2,(H,21,26). The van der Waals surface area contributed by atoms with Gasteiger partial charge in [0.25, 0.3) is 0 Å². The van der Waals surface area contributed by atoms with E-state index in [0.717, 1.165) is 39.0 Å². The van der Waals surface area contributed by atoms with E-state index < -0.39 is 0 Å². The average Bonchev–Trinajstić information content (AvgIpc) is 2.92. The third-order valence-corrected chi connectivity index (χ3v) is 5.29. The number of rotatable bonds is 3. The predicted octanol–water partition coefficient (Wildman–Crippen LogP) is 2.89. The minimum Gasteiger partial charge on any atom is -0.342 e. The van der Waals surface area contributed by atoms with Crippen LogP contribution in [-0.4, -0.2) is 72.5 Å². The lowest BCUT2D eigenvalue weighted by molar-refractivity contribution is -0.132. The Bertz CT molecular complexity index is 624. The number of likely N-dealkylation sites (tertiary alicyclic amines) is 1. The van der Waals surface area contributed by atoms with Crippen LogP contribution in [0.5, 0.6) is 0 Å². The van der Waals surface area contributed by atoms with E-state index in [0.29, 0.717) is 30.3 Å². The number of urea groups is 1. The van der Waals surface area contributed by atoms with Crippen LogP contribution in [0, 0.1) is 0 Å². The second-order valence-corrected chi connectivity index (χ2v) is 7.44. The van der Waals surface area contributed by atoms with Crippen molar-refractivity contribution in [1.82, 2.24) is 14.7 Å². The Hall–Kier alpha value is -1.79. The number of anilines is 1. The number of piperazine rings is 1. The van der Waals surface area contributed by atoms with Crippen LogP contribution in [0.4, 0.5) is 10.5 Å². The molecule has 2 aliphatic heterocycles. The number of nitrogens with one attached hydrogen (secondary N) is 1. The summed E-state index contributed by atoms with van der Waals surface area (Å²) in [5.74, 6) is 0.226. The molecule has 1 N–H and O–H groups in total. The monoisotopic (exact) mass is 378 g/mol. The molecular formula is C19H27ClN4O2. The van der Waals surface area contributed by atoms with Gasteiger partial charge in [-0.1, -0.05) is 30.5 Å². The second-order valence-electron chi connectivity index (χ2n) is 7.00. The summed E-state index contributed by atoms with van der Waals surface area (Å²) >= 11 is 5.95. The number of nitrogens with zero attached hydrogens (tertiary/aromatic N) is 3. The summed E-state index contributed by atoms with van der Waals surface area (Å²) < 4.78 is 0. The number of hydrogen-bond donors (Lipinski definition) is 1. The highest BCUT2D eigenvalue weighted by molar-refractivity contribution is 6.30. The molecule has 1 aromatic carbocycles. The highest BCUT2D eigenvalue weighted by Gasteiger charge is 2.24. The average molecular weight is 379 g/mol. The number of halogens is 1. The number of hydrogen-bond acceptors (Lipinski definition) is 3. The van der Waals surface area contributed by atoms with Crippen LogP contribution in [0.3, 0.4) is 0 Å². The van der Waals surface area contributed by atoms with Crippen LogP contribution < -0.4 is 5.32 Å². The topological polar surface area (TPSA) is 55.9 Å². The molecule has 2 aliphatic rings. The van der Waals surface area contributed by atoms with E-state index in [1.165, 1.54) is 12.8 Å². The molecule has 3 amide bonds. The van der Waals surface area contributed by atoms with Crippen molar-refractivity contribution in [3.05, 3.63) is 29.3 Å².